The minimum Gasteiger partial charge on any atom is -0.480 e. The van der Waals surface area contributed by atoms with Gasteiger partial charge in [0.2, 0.25) is 5.91 Å². The van der Waals surface area contributed by atoms with Gasteiger partial charge < -0.3 is 54.8 Å². The van der Waals surface area contributed by atoms with Gasteiger partial charge in [-0.3, -0.25) is 4.79 Å². The third kappa shape index (κ3) is 22.6. The number of nitrogens with one attached hydrogen (secondary N) is 1. The number of hydrogen-bond acceptors (Lipinski definition) is 13. The molecule has 6 aromatic rings. The lowest BCUT2D eigenvalue weighted by Gasteiger charge is -2.35. The molecule has 0 aliphatic heterocycles. The molecule has 0 fully saturated rings. The van der Waals surface area contributed by atoms with Crippen LogP contribution in [0.3, 0.4) is 0 Å². The normalized spacial score (nSPS) is 10.9. The summed E-state index contributed by atoms with van der Waals surface area (Å²) in [6.45, 7) is 1.42. The van der Waals surface area contributed by atoms with Crippen LogP contribution < -0.4 is 11.1 Å². The highest BCUT2D eigenvalue weighted by Gasteiger charge is 2.38. The van der Waals surface area contributed by atoms with Crippen LogP contribution in [0.5, 0.6) is 0 Å². The van der Waals surface area contributed by atoms with E-state index in [4.69, 9.17) is 40.0 Å². The molecule has 0 saturated heterocycles. The molecule has 17 heteroatoms. The summed E-state index contributed by atoms with van der Waals surface area (Å²) in [6.07, 6.45) is 0. The molecule has 402 valence electrons. The van der Waals surface area contributed by atoms with Crippen LogP contribution in [0.4, 0.5) is 0 Å². The Labute approximate surface area is 449 Å². The zero-order chi connectivity index (χ0) is 53.0. The van der Waals surface area contributed by atoms with Crippen molar-refractivity contribution in [2.24, 2.45) is 5.73 Å². The molecule has 0 radical (unpaired) electrons. The van der Waals surface area contributed by atoms with Crippen LogP contribution >= 0.6 is 23.5 Å². The summed E-state index contributed by atoms with van der Waals surface area (Å²) in [5, 5.41) is 27.8. The maximum Gasteiger partial charge on any atom is 0.329 e. The molecule has 0 unspecified atom stereocenters. The van der Waals surface area contributed by atoms with Crippen molar-refractivity contribution in [1.29, 1.82) is 0 Å². The molecule has 6 rings (SSSR count). The number of carboxylic acid groups (broad SMARTS) is 3. The molecule has 1 amide bonds. The lowest BCUT2D eigenvalue weighted by atomic mass is 9.84. The number of carbonyl (C=O) groups excluding carboxylic acids is 1. The topological polar surface area (TPSA) is 222 Å². The Morgan fingerprint density at radius 1 is 0.387 bits per heavy atom. The van der Waals surface area contributed by atoms with Gasteiger partial charge >= 0.3 is 17.9 Å². The van der Waals surface area contributed by atoms with Crippen molar-refractivity contribution in [3.8, 4) is 0 Å². The van der Waals surface area contributed by atoms with Gasteiger partial charge in [-0.2, -0.15) is 0 Å². The standard InChI is InChI=1S/C28H31NO6S.C21H21NS.C8H14O7.CH4/c30-26(20-34-18-16-33-17-19-35-21-27(31)32)29-22-36-28(23-10-4-1-5-11-23,24-12-6-2-7-13-24)25-14-8-3-9-15-25;22-16-17-23-21(18-10-4-1-5-11-18,19-12-6-2-7-13-19)20-14-8-3-9-15-20;9-7(10)5-14-3-1-13-2-4-15-6-8(11)12;/h1-15H,16-22H2,(H,29,30)(H,31,32);1-15H,16-17,22H2;1-6H2,(H,9,10)(H,11,12);1H4. The first-order valence-corrected chi connectivity index (χ1v) is 25.8. The summed E-state index contributed by atoms with van der Waals surface area (Å²) in [5.41, 5.74) is 13.1. The number of aliphatic carboxylic acids is 3. The van der Waals surface area contributed by atoms with Crippen molar-refractivity contribution in [3.63, 3.8) is 0 Å². The second-order valence-electron chi connectivity index (χ2n) is 15.7. The number of ether oxygens (including phenoxy) is 6. The molecule has 75 heavy (non-hydrogen) atoms. The monoisotopic (exact) mass is 1070 g/mol. The Morgan fingerprint density at radius 2 is 0.627 bits per heavy atom. The highest BCUT2D eigenvalue weighted by molar-refractivity contribution is 8.00. The molecule has 0 aliphatic carbocycles. The minimum atomic E-state index is -1.03. The average molecular weight is 1070 g/mol. The third-order valence-corrected chi connectivity index (χ3v) is 13.5. The predicted molar refractivity (Wildman–Crippen MR) is 295 cm³/mol. The van der Waals surface area contributed by atoms with Gasteiger partial charge in [0.05, 0.1) is 68.2 Å². The Morgan fingerprint density at radius 3 is 0.880 bits per heavy atom. The van der Waals surface area contributed by atoms with Gasteiger partial charge in [0.25, 0.3) is 0 Å². The smallest absolute Gasteiger partial charge is 0.329 e. The summed E-state index contributed by atoms with van der Waals surface area (Å²) in [5.74, 6) is -2.00. The van der Waals surface area contributed by atoms with Crippen molar-refractivity contribution in [3.05, 3.63) is 215 Å². The number of benzene rings is 6. The first-order chi connectivity index (χ1) is 36.1. The highest BCUT2D eigenvalue weighted by Crippen LogP contribution is 2.49. The fraction of sp³-hybridized carbons (Fsp3) is 0.310. The van der Waals surface area contributed by atoms with E-state index in [0.29, 0.717) is 12.4 Å². The van der Waals surface area contributed by atoms with Gasteiger partial charge in [-0.15, -0.1) is 23.5 Å². The number of thioether (sulfide) groups is 2. The second-order valence-corrected chi connectivity index (χ2v) is 18.2. The van der Waals surface area contributed by atoms with Crippen molar-refractivity contribution < 1.29 is 62.9 Å². The van der Waals surface area contributed by atoms with Crippen molar-refractivity contribution in [1.82, 2.24) is 5.32 Å². The van der Waals surface area contributed by atoms with Crippen molar-refractivity contribution in [2.75, 3.05) is 97.5 Å². The predicted octanol–water partition coefficient (Wildman–Crippen LogP) is 8.43. The van der Waals surface area contributed by atoms with E-state index in [1.165, 1.54) is 16.7 Å². The van der Waals surface area contributed by atoms with Crippen molar-refractivity contribution >= 4 is 47.3 Å². The molecular formula is C58H70N2O13S2. The molecule has 0 aliphatic rings. The van der Waals surface area contributed by atoms with Crippen molar-refractivity contribution in [2.45, 2.75) is 16.9 Å². The summed E-state index contributed by atoms with van der Waals surface area (Å²) >= 11 is 3.55. The minimum absolute atomic E-state index is 0. The van der Waals surface area contributed by atoms with E-state index in [0.717, 1.165) is 22.4 Å². The van der Waals surface area contributed by atoms with E-state index in [-0.39, 0.29) is 97.4 Å². The van der Waals surface area contributed by atoms with Crippen LogP contribution in [0.1, 0.15) is 40.8 Å². The molecular weight excluding hydrogens is 997 g/mol. The van der Waals surface area contributed by atoms with E-state index >= 15 is 0 Å². The van der Waals surface area contributed by atoms with E-state index in [1.807, 2.05) is 66.4 Å². The van der Waals surface area contributed by atoms with Gasteiger partial charge in [-0.05, 0) is 33.4 Å². The molecule has 0 heterocycles. The summed E-state index contributed by atoms with van der Waals surface area (Å²) in [6, 6.07) is 63.0. The van der Waals surface area contributed by atoms with Gasteiger partial charge in [0.15, 0.2) is 0 Å². The number of carbonyl (C=O) groups is 4. The molecule has 0 bridgehead atoms. The van der Waals surface area contributed by atoms with Crippen LogP contribution in [0.2, 0.25) is 0 Å². The summed E-state index contributed by atoms with van der Waals surface area (Å²) in [4.78, 5) is 42.8. The zero-order valence-electron chi connectivity index (χ0n) is 41.2. The Hall–Kier alpha value is -6.38. The zero-order valence-corrected chi connectivity index (χ0v) is 42.9. The van der Waals surface area contributed by atoms with Crippen LogP contribution in [0, 0.1) is 0 Å². The van der Waals surface area contributed by atoms with Crippen LogP contribution in [-0.4, -0.2) is 137 Å². The van der Waals surface area contributed by atoms with Crippen LogP contribution in [0.15, 0.2) is 182 Å². The van der Waals surface area contributed by atoms with E-state index in [1.54, 1.807) is 11.8 Å². The van der Waals surface area contributed by atoms with Crippen LogP contribution in [-0.2, 0) is 57.1 Å². The number of nitrogens with two attached hydrogens (primary N) is 1. The number of hydrogen-bond donors (Lipinski definition) is 5. The Bertz CT molecular complexity index is 2230. The van der Waals surface area contributed by atoms with Gasteiger partial charge in [-0.25, -0.2) is 14.4 Å². The molecule has 0 aromatic heterocycles. The van der Waals surface area contributed by atoms with Gasteiger partial charge in [0.1, 0.15) is 26.4 Å². The van der Waals surface area contributed by atoms with E-state index in [2.05, 4.69) is 142 Å². The summed E-state index contributed by atoms with van der Waals surface area (Å²) < 4.78 is 29.1. The van der Waals surface area contributed by atoms with E-state index < -0.39 is 22.7 Å². The molecule has 6 aromatic carbocycles. The quantitative estimate of drug-likeness (QED) is 0.0152. The summed E-state index contributed by atoms with van der Waals surface area (Å²) in [7, 11) is 0. The molecule has 0 atom stereocenters. The molecule has 0 spiro atoms. The third-order valence-electron chi connectivity index (χ3n) is 10.5. The Balaban J connectivity index is 0.000000325. The maximum atomic E-state index is 12.4. The fourth-order valence-corrected chi connectivity index (χ4v) is 10.0. The largest absolute Gasteiger partial charge is 0.480 e. The second kappa shape index (κ2) is 37.4. The van der Waals surface area contributed by atoms with E-state index in [9.17, 15) is 19.2 Å². The fourth-order valence-electron chi connectivity index (χ4n) is 7.34. The Kier molecular flexibility index (Phi) is 31.3. The maximum absolute atomic E-state index is 12.4. The molecule has 0 saturated carbocycles. The first kappa shape index (κ1) is 62.9. The SMILES string of the molecule is C.NCCSC(c1ccccc1)(c1ccccc1)c1ccccc1.O=C(O)COCCOCCOCC(=O)NCSC(c1ccccc1)(c1ccccc1)c1ccccc1.O=C(O)COCCOCCOCC(=O)O. The van der Waals surface area contributed by atoms with Gasteiger partial charge in [0, 0.05) is 12.3 Å². The van der Waals surface area contributed by atoms with Gasteiger partial charge in [-0.1, -0.05) is 189 Å². The highest BCUT2D eigenvalue weighted by atomic mass is 32.2. The molecule has 15 nitrogen and oxygen atoms in total. The number of rotatable bonds is 32. The molecule has 6 N–H and O–H groups in total. The number of carboxylic acids is 3. The van der Waals surface area contributed by atoms with Crippen LogP contribution in [0.25, 0.3) is 0 Å². The lowest BCUT2D eigenvalue weighted by Crippen LogP contribution is -2.32. The number of amides is 1. The lowest BCUT2D eigenvalue weighted by molar-refractivity contribution is -0.144. The first-order valence-electron chi connectivity index (χ1n) is 23.8. The average Bonchev–Trinajstić information content (AvgIpc) is 3.43.